The summed E-state index contributed by atoms with van der Waals surface area (Å²) in [6.07, 6.45) is 1.54. The van der Waals surface area contributed by atoms with Crippen LogP contribution in [-0.4, -0.2) is 17.1 Å². The summed E-state index contributed by atoms with van der Waals surface area (Å²) >= 11 is 0. The monoisotopic (exact) mass is 191 g/mol. The number of benzene rings is 1. The molecule has 1 aromatic carbocycles. The lowest BCUT2D eigenvalue weighted by atomic mass is 10.2. The smallest absolute Gasteiger partial charge is 0.227 e. The van der Waals surface area contributed by atoms with Crippen LogP contribution in [0.4, 0.5) is 5.69 Å². The molecular weight excluding hydrogens is 178 g/mol. The van der Waals surface area contributed by atoms with Crippen LogP contribution in [0.3, 0.4) is 0 Å². The van der Waals surface area contributed by atoms with Gasteiger partial charge in [-0.15, -0.1) is 0 Å². The maximum Gasteiger partial charge on any atom is 0.227 e. The van der Waals surface area contributed by atoms with E-state index < -0.39 is 0 Å². The highest BCUT2D eigenvalue weighted by Crippen LogP contribution is 2.27. The predicted octanol–water partition coefficient (Wildman–Crippen LogP) is 1.91. The number of phenolic OH excluding ortho intramolecular Hbond substituents is 1. The SMILES string of the molecule is CC1CCC(=O)N1c1ccc(O)cc1. The number of hydrogen-bond donors (Lipinski definition) is 1. The molecule has 74 valence electrons. The Morgan fingerprint density at radius 1 is 1.36 bits per heavy atom. The van der Waals surface area contributed by atoms with Gasteiger partial charge in [-0.1, -0.05) is 0 Å². The molecule has 1 aliphatic rings. The van der Waals surface area contributed by atoms with E-state index in [4.69, 9.17) is 5.11 Å². The zero-order chi connectivity index (χ0) is 10.1. The Morgan fingerprint density at radius 2 is 2.00 bits per heavy atom. The highest BCUT2D eigenvalue weighted by molar-refractivity contribution is 5.96. The van der Waals surface area contributed by atoms with Gasteiger partial charge in [0, 0.05) is 18.2 Å². The number of carbonyl (C=O) groups excluding carboxylic acids is 1. The van der Waals surface area contributed by atoms with Crippen LogP contribution in [0.5, 0.6) is 5.75 Å². The largest absolute Gasteiger partial charge is 0.508 e. The lowest BCUT2D eigenvalue weighted by molar-refractivity contribution is -0.117. The van der Waals surface area contributed by atoms with Gasteiger partial charge in [-0.2, -0.15) is 0 Å². The Balaban J connectivity index is 2.30. The fourth-order valence-electron chi connectivity index (χ4n) is 1.84. The molecule has 0 bridgehead atoms. The third-order valence-electron chi connectivity index (χ3n) is 2.61. The van der Waals surface area contributed by atoms with E-state index in [-0.39, 0.29) is 17.7 Å². The highest BCUT2D eigenvalue weighted by Gasteiger charge is 2.28. The molecule has 1 amide bonds. The fourth-order valence-corrected chi connectivity index (χ4v) is 1.84. The molecule has 3 nitrogen and oxygen atoms in total. The summed E-state index contributed by atoms with van der Waals surface area (Å²) in [5.74, 6) is 0.399. The summed E-state index contributed by atoms with van der Waals surface area (Å²) in [7, 11) is 0. The van der Waals surface area contributed by atoms with Gasteiger partial charge in [0.2, 0.25) is 5.91 Å². The molecule has 1 saturated heterocycles. The second kappa shape index (κ2) is 3.33. The molecule has 1 N–H and O–H groups in total. The van der Waals surface area contributed by atoms with Gasteiger partial charge in [-0.3, -0.25) is 4.79 Å². The Bertz CT molecular complexity index is 345. The summed E-state index contributed by atoms with van der Waals surface area (Å²) in [5.41, 5.74) is 0.873. The molecule has 0 saturated carbocycles. The Hall–Kier alpha value is -1.51. The standard InChI is InChI=1S/C11H13NO2/c1-8-2-7-11(14)12(8)9-3-5-10(13)6-4-9/h3-6,8,13H,2,7H2,1H3. The first-order valence-electron chi connectivity index (χ1n) is 4.79. The topological polar surface area (TPSA) is 40.5 Å². The average Bonchev–Trinajstić information content (AvgIpc) is 2.49. The normalized spacial score (nSPS) is 21.6. The van der Waals surface area contributed by atoms with Crippen LogP contribution < -0.4 is 4.90 Å². The van der Waals surface area contributed by atoms with Crippen LogP contribution >= 0.6 is 0 Å². The van der Waals surface area contributed by atoms with E-state index in [2.05, 4.69) is 0 Å². The zero-order valence-corrected chi connectivity index (χ0v) is 8.10. The fraction of sp³-hybridized carbons (Fsp3) is 0.364. The second-order valence-corrected chi connectivity index (χ2v) is 3.67. The maximum atomic E-state index is 11.5. The van der Waals surface area contributed by atoms with Crippen molar-refractivity contribution in [3.05, 3.63) is 24.3 Å². The van der Waals surface area contributed by atoms with Gasteiger partial charge in [0.25, 0.3) is 0 Å². The van der Waals surface area contributed by atoms with E-state index in [1.807, 2.05) is 6.92 Å². The Labute approximate surface area is 83.0 Å². The lowest BCUT2D eigenvalue weighted by Gasteiger charge is -2.21. The second-order valence-electron chi connectivity index (χ2n) is 3.67. The van der Waals surface area contributed by atoms with Gasteiger partial charge >= 0.3 is 0 Å². The number of phenols is 1. The van der Waals surface area contributed by atoms with Crippen molar-refractivity contribution in [1.82, 2.24) is 0 Å². The van der Waals surface area contributed by atoms with Crippen LogP contribution in [0.1, 0.15) is 19.8 Å². The van der Waals surface area contributed by atoms with Crippen LogP contribution in [-0.2, 0) is 4.79 Å². The molecular formula is C11H13NO2. The molecule has 1 aliphatic heterocycles. The summed E-state index contributed by atoms with van der Waals surface area (Å²) in [4.78, 5) is 13.3. The minimum absolute atomic E-state index is 0.170. The van der Waals surface area contributed by atoms with Gasteiger partial charge in [-0.05, 0) is 37.6 Å². The van der Waals surface area contributed by atoms with Crippen molar-refractivity contribution in [3.8, 4) is 5.75 Å². The van der Waals surface area contributed by atoms with E-state index in [1.54, 1.807) is 29.2 Å². The van der Waals surface area contributed by atoms with Gasteiger partial charge < -0.3 is 10.0 Å². The number of aromatic hydroxyl groups is 1. The van der Waals surface area contributed by atoms with Crippen LogP contribution in [0.2, 0.25) is 0 Å². The van der Waals surface area contributed by atoms with E-state index in [9.17, 15) is 4.79 Å². The summed E-state index contributed by atoms with van der Waals surface area (Å²) in [6, 6.07) is 7.03. The molecule has 1 heterocycles. The quantitative estimate of drug-likeness (QED) is 0.736. The molecule has 2 rings (SSSR count). The van der Waals surface area contributed by atoms with Crippen molar-refractivity contribution in [2.24, 2.45) is 0 Å². The van der Waals surface area contributed by atoms with Gasteiger partial charge in [-0.25, -0.2) is 0 Å². The molecule has 0 radical (unpaired) electrons. The molecule has 1 aromatic rings. The first kappa shape index (κ1) is 9.06. The van der Waals surface area contributed by atoms with Crippen molar-refractivity contribution in [1.29, 1.82) is 0 Å². The molecule has 1 atom stereocenters. The molecule has 0 aromatic heterocycles. The maximum absolute atomic E-state index is 11.5. The third-order valence-corrected chi connectivity index (χ3v) is 2.61. The van der Waals surface area contributed by atoms with Crippen LogP contribution in [0.25, 0.3) is 0 Å². The van der Waals surface area contributed by atoms with E-state index in [0.717, 1.165) is 12.1 Å². The molecule has 0 aliphatic carbocycles. The van der Waals surface area contributed by atoms with Crippen molar-refractivity contribution in [2.45, 2.75) is 25.8 Å². The molecule has 1 fully saturated rings. The minimum atomic E-state index is 0.170. The van der Waals surface area contributed by atoms with Gasteiger partial charge in [0.05, 0.1) is 0 Å². The van der Waals surface area contributed by atoms with Crippen molar-refractivity contribution in [2.75, 3.05) is 4.90 Å². The third kappa shape index (κ3) is 1.45. The Morgan fingerprint density at radius 3 is 2.50 bits per heavy atom. The number of anilines is 1. The first-order valence-corrected chi connectivity index (χ1v) is 4.79. The summed E-state index contributed by atoms with van der Waals surface area (Å²) in [5, 5.41) is 9.13. The number of amides is 1. The number of carbonyl (C=O) groups is 1. The van der Waals surface area contributed by atoms with Crippen molar-refractivity contribution >= 4 is 11.6 Å². The first-order chi connectivity index (χ1) is 6.68. The number of nitrogens with zero attached hydrogens (tertiary/aromatic N) is 1. The van der Waals surface area contributed by atoms with E-state index in [1.165, 1.54) is 0 Å². The number of hydrogen-bond acceptors (Lipinski definition) is 2. The molecule has 14 heavy (non-hydrogen) atoms. The van der Waals surface area contributed by atoms with Crippen LogP contribution in [0, 0.1) is 0 Å². The van der Waals surface area contributed by atoms with Crippen LogP contribution in [0.15, 0.2) is 24.3 Å². The molecule has 1 unspecified atom stereocenters. The summed E-state index contributed by atoms with van der Waals surface area (Å²) < 4.78 is 0. The summed E-state index contributed by atoms with van der Waals surface area (Å²) in [6.45, 7) is 2.04. The van der Waals surface area contributed by atoms with Gasteiger partial charge in [0.1, 0.15) is 5.75 Å². The van der Waals surface area contributed by atoms with Crippen molar-refractivity contribution in [3.63, 3.8) is 0 Å². The zero-order valence-electron chi connectivity index (χ0n) is 8.10. The van der Waals surface area contributed by atoms with Crippen molar-refractivity contribution < 1.29 is 9.90 Å². The molecule has 3 heteroatoms. The number of rotatable bonds is 1. The lowest BCUT2D eigenvalue weighted by Crippen LogP contribution is -2.30. The van der Waals surface area contributed by atoms with E-state index >= 15 is 0 Å². The minimum Gasteiger partial charge on any atom is -0.508 e. The highest BCUT2D eigenvalue weighted by atomic mass is 16.3. The van der Waals surface area contributed by atoms with Gasteiger partial charge in [0.15, 0.2) is 0 Å². The Kier molecular flexibility index (Phi) is 2.15. The molecule has 0 spiro atoms. The average molecular weight is 191 g/mol. The van der Waals surface area contributed by atoms with E-state index in [0.29, 0.717) is 6.42 Å². The predicted molar refractivity (Wildman–Crippen MR) is 54.3 cm³/mol.